The lowest BCUT2D eigenvalue weighted by Gasteiger charge is -2.37. The van der Waals surface area contributed by atoms with Gasteiger partial charge >= 0.3 is 12.2 Å². The van der Waals surface area contributed by atoms with E-state index in [-0.39, 0.29) is 12.4 Å². The number of carbonyl (C=O) groups is 2. The summed E-state index contributed by atoms with van der Waals surface area (Å²) in [7, 11) is 0. The second-order valence-corrected chi connectivity index (χ2v) is 4.09. The first-order valence-electron chi connectivity index (χ1n) is 5.59. The Kier molecular flexibility index (Phi) is 2.53. The van der Waals surface area contributed by atoms with Crippen LogP contribution in [0.3, 0.4) is 0 Å². The number of rotatable bonds is 0. The van der Waals surface area contributed by atoms with Gasteiger partial charge in [-0.25, -0.2) is 9.59 Å². The van der Waals surface area contributed by atoms with Gasteiger partial charge in [-0.15, -0.1) is 5.10 Å². The van der Waals surface area contributed by atoms with Crippen LogP contribution in [0.25, 0.3) is 0 Å². The van der Waals surface area contributed by atoms with E-state index in [0.717, 1.165) is 9.80 Å². The normalized spacial score (nSPS) is 16.4. The molecular formula is C11H9N5O4. The minimum atomic E-state index is -1.18. The molecule has 1 aromatic rings. The Morgan fingerprint density at radius 1 is 1.20 bits per heavy atom. The van der Waals surface area contributed by atoms with E-state index >= 15 is 0 Å². The Balaban J connectivity index is 2.09. The fraction of sp³-hybridized carbons (Fsp3) is 0.0909. The molecule has 2 N–H and O–H groups in total. The quantitative estimate of drug-likeness (QED) is 0.729. The molecule has 2 amide bonds. The maximum absolute atomic E-state index is 11.3. The highest BCUT2D eigenvalue weighted by Gasteiger charge is 2.33. The van der Waals surface area contributed by atoms with Crippen LogP contribution in [-0.4, -0.2) is 44.0 Å². The molecule has 2 aliphatic heterocycles. The van der Waals surface area contributed by atoms with Gasteiger partial charge in [0.1, 0.15) is 0 Å². The van der Waals surface area contributed by atoms with Crippen LogP contribution in [0.2, 0.25) is 0 Å². The summed E-state index contributed by atoms with van der Waals surface area (Å²) < 4.78 is 0. The number of anilines is 2. The molecule has 0 atom stereocenters. The number of nitrogens with zero attached hydrogens (tertiary/aromatic N) is 5. The van der Waals surface area contributed by atoms with Gasteiger partial charge in [-0.05, 0) is 6.07 Å². The van der Waals surface area contributed by atoms with Crippen molar-refractivity contribution in [2.45, 2.75) is 0 Å². The molecule has 2 aliphatic rings. The summed E-state index contributed by atoms with van der Waals surface area (Å²) in [4.78, 5) is 25.9. The van der Waals surface area contributed by atoms with Crippen molar-refractivity contribution in [2.24, 2.45) is 0 Å². The maximum Gasteiger partial charge on any atom is 0.415 e. The average molecular weight is 275 g/mol. The lowest BCUT2D eigenvalue weighted by atomic mass is 10.2. The van der Waals surface area contributed by atoms with E-state index in [1.165, 1.54) is 18.6 Å². The van der Waals surface area contributed by atoms with Gasteiger partial charge in [-0.1, -0.05) is 0 Å². The second kappa shape index (κ2) is 4.23. The molecular weight excluding hydrogens is 266 g/mol. The summed E-state index contributed by atoms with van der Waals surface area (Å²) in [6.45, 7) is -0.00481. The first kappa shape index (κ1) is 12.0. The first-order valence-corrected chi connectivity index (χ1v) is 5.59. The van der Waals surface area contributed by atoms with Crippen LogP contribution < -0.4 is 9.80 Å². The Morgan fingerprint density at radius 2 is 2.00 bits per heavy atom. The van der Waals surface area contributed by atoms with E-state index in [9.17, 15) is 14.7 Å². The number of hydrogen-bond acceptors (Lipinski definition) is 5. The van der Waals surface area contributed by atoms with Gasteiger partial charge in [0, 0.05) is 18.6 Å². The molecule has 0 radical (unpaired) electrons. The molecule has 0 aliphatic carbocycles. The van der Waals surface area contributed by atoms with Crippen LogP contribution in [-0.2, 0) is 0 Å². The van der Waals surface area contributed by atoms with E-state index in [1.54, 1.807) is 17.2 Å². The average Bonchev–Trinajstić information content (AvgIpc) is 2.45. The minimum absolute atomic E-state index is 0.00481. The van der Waals surface area contributed by atoms with E-state index < -0.39 is 12.2 Å². The van der Waals surface area contributed by atoms with Gasteiger partial charge < -0.3 is 15.1 Å². The third-order valence-corrected chi connectivity index (χ3v) is 2.94. The van der Waals surface area contributed by atoms with Gasteiger partial charge in [0.05, 0.1) is 24.1 Å². The molecule has 1 aromatic heterocycles. The summed E-state index contributed by atoms with van der Waals surface area (Å²) in [5.74, 6) is 0.213. The Bertz CT molecular complexity index is 656. The van der Waals surface area contributed by atoms with Crippen LogP contribution in [0.15, 0.2) is 36.6 Å². The lowest BCUT2D eigenvalue weighted by molar-refractivity contribution is 0.174. The smallest absolute Gasteiger partial charge is 0.415 e. The molecule has 3 heterocycles. The fourth-order valence-corrected chi connectivity index (χ4v) is 2.06. The van der Waals surface area contributed by atoms with Crippen molar-refractivity contribution in [3.8, 4) is 0 Å². The van der Waals surface area contributed by atoms with Gasteiger partial charge in [0.25, 0.3) is 0 Å². The number of hydrogen-bond donors (Lipinski definition) is 2. The topological polar surface area (TPSA) is 110 Å². The Morgan fingerprint density at radius 3 is 2.70 bits per heavy atom. The zero-order chi connectivity index (χ0) is 14.3. The monoisotopic (exact) mass is 275 g/mol. The Hall–Kier alpha value is -3.10. The van der Waals surface area contributed by atoms with Crippen molar-refractivity contribution in [3.05, 3.63) is 36.6 Å². The molecule has 3 rings (SSSR count). The molecule has 0 saturated heterocycles. The van der Waals surface area contributed by atoms with Crippen molar-refractivity contribution in [2.75, 3.05) is 16.3 Å². The largest absolute Gasteiger partial charge is 0.465 e. The molecule has 0 unspecified atom stereocenters. The molecule has 0 saturated carbocycles. The fourth-order valence-electron chi connectivity index (χ4n) is 2.06. The van der Waals surface area contributed by atoms with Crippen LogP contribution >= 0.6 is 0 Å². The van der Waals surface area contributed by atoms with Crippen molar-refractivity contribution < 1.29 is 19.8 Å². The van der Waals surface area contributed by atoms with Crippen LogP contribution in [0.5, 0.6) is 0 Å². The molecule has 0 spiro atoms. The predicted octanol–water partition coefficient (Wildman–Crippen LogP) is 1.09. The van der Waals surface area contributed by atoms with Crippen molar-refractivity contribution >= 4 is 23.7 Å². The summed E-state index contributed by atoms with van der Waals surface area (Å²) in [5, 5.41) is 25.7. The van der Waals surface area contributed by atoms with Crippen molar-refractivity contribution in [1.29, 1.82) is 0 Å². The minimum Gasteiger partial charge on any atom is -0.465 e. The summed E-state index contributed by atoms with van der Waals surface area (Å²) in [6, 6.07) is 1.62. The summed E-state index contributed by atoms with van der Waals surface area (Å²) >= 11 is 0. The van der Waals surface area contributed by atoms with E-state index in [1.807, 2.05) is 0 Å². The molecule has 0 aromatic carbocycles. The number of aromatic nitrogens is 2. The molecule has 20 heavy (non-hydrogen) atoms. The van der Waals surface area contributed by atoms with Crippen LogP contribution in [0, 0.1) is 0 Å². The third kappa shape index (κ3) is 1.72. The second-order valence-electron chi connectivity index (χ2n) is 4.09. The highest BCUT2D eigenvalue weighted by molar-refractivity contribution is 5.92. The summed E-state index contributed by atoms with van der Waals surface area (Å²) in [6.07, 6.45) is 3.40. The lowest BCUT2D eigenvalue weighted by Crippen LogP contribution is -2.43. The van der Waals surface area contributed by atoms with Gasteiger partial charge in [-0.3, -0.25) is 9.80 Å². The van der Waals surface area contributed by atoms with Crippen molar-refractivity contribution in [1.82, 2.24) is 15.1 Å². The van der Waals surface area contributed by atoms with Gasteiger partial charge in [0.15, 0.2) is 5.82 Å². The van der Waals surface area contributed by atoms with E-state index in [0.29, 0.717) is 11.4 Å². The molecule has 0 fully saturated rings. The van der Waals surface area contributed by atoms with Crippen molar-refractivity contribution in [3.63, 3.8) is 0 Å². The molecule has 102 valence electrons. The highest BCUT2D eigenvalue weighted by Crippen LogP contribution is 2.36. The Labute approximate surface area is 112 Å². The number of carboxylic acid groups (broad SMARTS) is 2. The molecule has 0 bridgehead atoms. The standard InChI is InChI=1S/C11H9N5O4/c17-10(18)14-3-4-15-7(5-14)6-16(11(19)20)9-8(15)1-2-12-13-9/h1-5H,6H2,(H,17,18)(H,19,20). The molecule has 9 heteroatoms. The SMILES string of the molecule is O=C(O)N1C=CN2C(=C1)CN(C(=O)O)c1nnccc12. The highest BCUT2D eigenvalue weighted by atomic mass is 16.4. The first-order chi connectivity index (χ1) is 9.58. The zero-order valence-corrected chi connectivity index (χ0v) is 10.0. The van der Waals surface area contributed by atoms with Gasteiger partial charge in [-0.2, -0.15) is 5.10 Å². The van der Waals surface area contributed by atoms with Gasteiger partial charge in [0.2, 0.25) is 0 Å². The van der Waals surface area contributed by atoms with Crippen LogP contribution in [0.4, 0.5) is 21.1 Å². The number of amides is 2. The molecule has 9 nitrogen and oxygen atoms in total. The van der Waals surface area contributed by atoms with Crippen LogP contribution in [0.1, 0.15) is 0 Å². The maximum atomic E-state index is 11.3. The zero-order valence-electron chi connectivity index (χ0n) is 10.0. The summed E-state index contributed by atoms with van der Waals surface area (Å²) in [5.41, 5.74) is 1.04. The number of fused-ring (bicyclic) bond motifs is 3. The predicted molar refractivity (Wildman–Crippen MR) is 67.0 cm³/mol. The third-order valence-electron chi connectivity index (χ3n) is 2.94. The van der Waals surface area contributed by atoms with E-state index in [2.05, 4.69) is 10.2 Å². The van der Waals surface area contributed by atoms with E-state index in [4.69, 9.17) is 5.11 Å².